The van der Waals surface area contributed by atoms with Crippen molar-refractivity contribution < 1.29 is 13.2 Å². The van der Waals surface area contributed by atoms with E-state index in [2.05, 4.69) is 24.4 Å². The first-order chi connectivity index (χ1) is 14.9. The summed E-state index contributed by atoms with van der Waals surface area (Å²) in [7, 11) is 0. The highest BCUT2D eigenvalue weighted by atomic mass is 19.4. The molecule has 0 spiro atoms. The highest BCUT2D eigenvalue weighted by molar-refractivity contribution is 6.02. The van der Waals surface area contributed by atoms with Crippen LogP contribution in [0.15, 0.2) is 53.8 Å². The van der Waals surface area contributed by atoms with Gasteiger partial charge >= 0.3 is 6.18 Å². The molecule has 0 aromatic carbocycles. The zero-order valence-corrected chi connectivity index (χ0v) is 16.6. The Morgan fingerprint density at radius 3 is 2.55 bits per heavy atom. The third-order valence-electron chi connectivity index (χ3n) is 5.94. The number of aromatic nitrogens is 4. The molecule has 1 aliphatic heterocycles. The van der Waals surface area contributed by atoms with E-state index in [0.717, 1.165) is 54.1 Å². The molecule has 0 atom stereocenters. The molecule has 0 amide bonds. The number of H-pyrrole nitrogens is 1. The van der Waals surface area contributed by atoms with Gasteiger partial charge in [-0.05, 0) is 30.5 Å². The summed E-state index contributed by atoms with van der Waals surface area (Å²) in [5.41, 5.74) is 1.49. The molecule has 4 aromatic heterocycles. The first kappa shape index (κ1) is 19.7. The van der Waals surface area contributed by atoms with Crippen LogP contribution < -0.4 is 5.43 Å². The van der Waals surface area contributed by atoms with Gasteiger partial charge in [-0.2, -0.15) is 13.2 Å². The van der Waals surface area contributed by atoms with Gasteiger partial charge in [0.2, 0.25) is 0 Å². The molecule has 0 saturated carbocycles. The van der Waals surface area contributed by atoms with E-state index in [-0.39, 0.29) is 11.5 Å². The highest BCUT2D eigenvalue weighted by Gasteiger charge is 2.32. The number of piperidine rings is 1. The summed E-state index contributed by atoms with van der Waals surface area (Å²) in [6.45, 7) is 2.18. The highest BCUT2D eigenvalue weighted by Crippen LogP contribution is 2.30. The number of pyridine rings is 3. The number of likely N-dealkylation sites (tertiary alicyclic amines) is 1. The van der Waals surface area contributed by atoms with Gasteiger partial charge in [-0.25, -0.2) is 4.98 Å². The fourth-order valence-corrected chi connectivity index (χ4v) is 4.37. The van der Waals surface area contributed by atoms with Crippen molar-refractivity contribution in [2.75, 3.05) is 13.1 Å². The second-order valence-corrected chi connectivity index (χ2v) is 7.90. The van der Waals surface area contributed by atoms with E-state index >= 15 is 0 Å². The van der Waals surface area contributed by atoms with Crippen LogP contribution in [0.25, 0.3) is 21.9 Å². The molecule has 1 fully saturated rings. The third kappa shape index (κ3) is 3.69. The van der Waals surface area contributed by atoms with Crippen molar-refractivity contribution in [2.24, 2.45) is 0 Å². The molecule has 0 aliphatic carbocycles. The molecule has 1 saturated heterocycles. The summed E-state index contributed by atoms with van der Waals surface area (Å²) in [5.74, 6) is 0. The lowest BCUT2D eigenvalue weighted by molar-refractivity contribution is -0.141. The van der Waals surface area contributed by atoms with Crippen molar-refractivity contribution in [2.45, 2.75) is 31.6 Å². The number of nitrogens with zero attached hydrogens (tertiary/aromatic N) is 4. The monoisotopic (exact) mass is 427 g/mol. The number of rotatable bonds is 3. The summed E-state index contributed by atoms with van der Waals surface area (Å²) in [6.07, 6.45) is 3.94. The van der Waals surface area contributed by atoms with Crippen LogP contribution in [0.5, 0.6) is 0 Å². The van der Waals surface area contributed by atoms with Crippen LogP contribution in [0.3, 0.4) is 0 Å². The zero-order chi connectivity index (χ0) is 21.6. The lowest BCUT2D eigenvalue weighted by atomic mass is 10.0. The van der Waals surface area contributed by atoms with Crippen molar-refractivity contribution in [3.05, 3.63) is 70.5 Å². The van der Waals surface area contributed by atoms with E-state index < -0.39 is 11.9 Å². The molecule has 31 heavy (non-hydrogen) atoms. The smallest absolute Gasteiger partial charge is 0.346 e. The van der Waals surface area contributed by atoms with E-state index in [4.69, 9.17) is 0 Å². The number of alkyl halides is 3. The molecular formula is C22H20F3N5O. The number of nitrogens with one attached hydrogen (secondary N) is 1. The minimum atomic E-state index is -4.42. The van der Waals surface area contributed by atoms with Gasteiger partial charge in [0.05, 0.1) is 10.9 Å². The number of halogens is 3. The Hall–Kier alpha value is -3.20. The van der Waals surface area contributed by atoms with Gasteiger partial charge in [0.1, 0.15) is 11.3 Å². The minimum absolute atomic E-state index is 0.0471. The lowest BCUT2D eigenvalue weighted by Crippen LogP contribution is -2.34. The van der Waals surface area contributed by atoms with Crippen LogP contribution in [0, 0.1) is 0 Å². The predicted octanol–water partition coefficient (Wildman–Crippen LogP) is 4.13. The molecule has 6 nitrogen and oxygen atoms in total. The largest absolute Gasteiger partial charge is 0.433 e. The summed E-state index contributed by atoms with van der Waals surface area (Å²) in [6, 6.07) is 6.28. The van der Waals surface area contributed by atoms with Crippen LogP contribution in [0.4, 0.5) is 13.2 Å². The summed E-state index contributed by atoms with van der Waals surface area (Å²) < 4.78 is 40.3. The number of aromatic amines is 1. The van der Waals surface area contributed by atoms with Gasteiger partial charge in [-0.3, -0.25) is 14.7 Å². The summed E-state index contributed by atoms with van der Waals surface area (Å²) in [4.78, 5) is 25.6. The molecule has 5 heterocycles. The van der Waals surface area contributed by atoms with Crippen molar-refractivity contribution in [1.29, 1.82) is 0 Å². The Morgan fingerprint density at radius 1 is 1.03 bits per heavy atom. The van der Waals surface area contributed by atoms with Crippen LogP contribution in [-0.2, 0) is 12.7 Å². The predicted molar refractivity (Wildman–Crippen MR) is 111 cm³/mol. The topological polar surface area (TPSA) is 66.8 Å². The van der Waals surface area contributed by atoms with Gasteiger partial charge in [-0.1, -0.05) is 6.07 Å². The fraction of sp³-hybridized carbons (Fsp3) is 0.318. The SMILES string of the molecule is O=c1ccn(C2CCN(Cc3ccc(C(F)(F)F)nc3)CC2)c2c1cnc1[nH]ccc12. The second-order valence-electron chi connectivity index (χ2n) is 7.90. The van der Waals surface area contributed by atoms with Gasteiger partial charge < -0.3 is 9.55 Å². The average molecular weight is 427 g/mol. The number of hydrogen-bond donors (Lipinski definition) is 1. The molecule has 0 bridgehead atoms. The molecule has 0 unspecified atom stereocenters. The van der Waals surface area contributed by atoms with Crippen molar-refractivity contribution in [3.63, 3.8) is 0 Å². The maximum atomic E-state index is 12.7. The molecule has 4 aromatic rings. The maximum absolute atomic E-state index is 12.7. The average Bonchev–Trinajstić information content (AvgIpc) is 3.24. The molecule has 1 N–H and O–H groups in total. The standard InChI is InChI=1S/C22H20F3N5O/c23-22(24,25)19-2-1-14(11-27-19)13-29-8-4-15(5-9-29)30-10-6-18(31)17-12-28-21-16(20(17)30)3-7-26-21/h1-3,6-7,10-12,15H,4-5,8-9,13H2,(H,26,28). The van der Waals surface area contributed by atoms with E-state index in [1.807, 2.05) is 18.5 Å². The Labute approximate surface area is 175 Å². The first-order valence-electron chi connectivity index (χ1n) is 10.1. The van der Waals surface area contributed by atoms with Gasteiger partial charge in [0.25, 0.3) is 0 Å². The Kier molecular flexibility index (Phi) is 4.77. The van der Waals surface area contributed by atoms with Gasteiger partial charge in [0.15, 0.2) is 5.43 Å². The van der Waals surface area contributed by atoms with E-state index in [9.17, 15) is 18.0 Å². The minimum Gasteiger partial charge on any atom is -0.346 e. The molecule has 5 rings (SSSR count). The number of hydrogen-bond acceptors (Lipinski definition) is 4. The van der Waals surface area contributed by atoms with E-state index in [1.54, 1.807) is 12.3 Å². The van der Waals surface area contributed by atoms with E-state index in [1.165, 1.54) is 12.3 Å². The maximum Gasteiger partial charge on any atom is 0.433 e. The Morgan fingerprint density at radius 2 is 1.84 bits per heavy atom. The van der Waals surface area contributed by atoms with Crippen LogP contribution in [0.2, 0.25) is 0 Å². The van der Waals surface area contributed by atoms with Crippen LogP contribution in [-0.4, -0.2) is 37.5 Å². The van der Waals surface area contributed by atoms with Crippen LogP contribution in [0.1, 0.15) is 30.1 Å². The Balaban J connectivity index is 1.34. The second kappa shape index (κ2) is 7.49. The van der Waals surface area contributed by atoms with Crippen LogP contribution >= 0.6 is 0 Å². The zero-order valence-electron chi connectivity index (χ0n) is 16.6. The number of fused-ring (bicyclic) bond motifs is 3. The van der Waals surface area contributed by atoms with Gasteiger partial charge in [-0.15, -0.1) is 0 Å². The summed E-state index contributed by atoms with van der Waals surface area (Å²) >= 11 is 0. The van der Waals surface area contributed by atoms with Crippen molar-refractivity contribution in [1.82, 2.24) is 24.4 Å². The Bertz CT molecular complexity index is 1280. The van der Waals surface area contributed by atoms with Crippen molar-refractivity contribution in [3.8, 4) is 0 Å². The normalized spacial score (nSPS) is 16.4. The lowest BCUT2D eigenvalue weighted by Gasteiger charge is -2.34. The molecule has 0 radical (unpaired) electrons. The fourth-order valence-electron chi connectivity index (χ4n) is 4.37. The molecule has 9 heteroatoms. The quantitative estimate of drug-likeness (QED) is 0.534. The summed E-state index contributed by atoms with van der Waals surface area (Å²) in [5, 5.41) is 1.53. The first-order valence-corrected chi connectivity index (χ1v) is 10.1. The van der Waals surface area contributed by atoms with E-state index in [0.29, 0.717) is 11.9 Å². The van der Waals surface area contributed by atoms with Crippen molar-refractivity contribution >= 4 is 21.9 Å². The molecule has 160 valence electrons. The third-order valence-corrected chi connectivity index (χ3v) is 5.94. The van der Waals surface area contributed by atoms with Gasteiger partial charge in [0, 0.05) is 61.9 Å². The molecule has 1 aliphatic rings. The molecular weight excluding hydrogens is 407 g/mol.